The Morgan fingerprint density at radius 2 is 1.05 bits per heavy atom. The highest BCUT2D eigenvalue weighted by Gasteiger charge is 2.31. The van der Waals surface area contributed by atoms with Gasteiger partial charge in [0, 0.05) is 19.3 Å². The average molecular weight is 763 g/mol. The van der Waals surface area contributed by atoms with Crippen molar-refractivity contribution < 1.29 is 38.2 Å². The van der Waals surface area contributed by atoms with E-state index in [2.05, 4.69) is 62.5 Å². The molecule has 1 N–H and O–H groups in total. The third-order valence-corrected chi connectivity index (χ3v) is 8.05. The minimum atomic E-state index is -0.896. The van der Waals surface area contributed by atoms with Crippen molar-refractivity contribution in [2.75, 3.05) is 41.0 Å². The standard InChI is InChI=1S/C47H71NO7/c1-6-8-10-12-14-16-18-20-21-22-23-24-25-26-28-29-31-33-35-37-45(49)54-42-43(41-53-40-39-44(47(51)52)48(3,4)5)55-46(50)38-36-34-32-30-27-19-17-15-13-11-9-7-2/h8-12,14-18,20-28,30,43-44H,6-7,13,19,29,31-42H2,1-5H3/p+1/b10-8+,11-9+,14-12+,17-15+,18-16+,21-20+,23-22+,25-24+,28-26+,30-27+. The van der Waals surface area contributed by atoms with E-state index in [0.29, 0.717) is 19.3 Å². The normalized spacial score (nSPS) is 14.3. The summed E-state index contributed by atoms with van der Waals surface area (Å²) in [6, 6.07) is -0.636. The molecule has 55 heavy (non-hydrogen) atoms. The zero-order chi connectivity index (χ0) is 40.7. The summed E-state index contributed by atoms with van der Waals surface area (Å²) in [5.41, 5.74) is 0. The molecule has 0 fully saturated rings. The van der Waals surface area contributed by atoms with Crippen LogP contribution < -0.4 is 0 Å². The number of hydrogen-bond acceptors (Lipinski definition) is 6. The summed E-state index contributed by atoms with van der Waals surface area (Å²) in [6.45, 7) is 4.33. The Balaban J connectivity index is 4.57. The van der Waals surface area contributed by atoms with E-state index in [0.717, 1.165) is 57.8 Å². The molecular formula is C47H72NO7+. The van der Waals surface area contributed by atoms with Crippen molar-refractivity contribution in [2.24, 2.45) is 0 Å². The number of aliphatic carboxylic acids is 1. The summed E-state index contributed by atoms with van der Waals surface area (Å²) >= 11 is 0. The van der Waals surface area contributed by atoms with Gasteiger partial charge in [0.05, 0.1) is 34.4 Å². The number of allylic oxidation sites excluding steroid dienone is 20. The lowest BCUT2D eigenvalue weighted by Gasteiger charge is -2.31. The summed E-state index contributed by atoms with van der Waals surface area (Å²) in [5, 5.41) is 9.60. The molecule has 2 atom stereocenters. The number of hydrogen-bond donors (Lipinski definition) is 1. The van der Waals surface area contributed by atoms with E-state index in [1.807, 2.05) is 94.1 Å². The van der Waals surface area contributed by atoms with Crippen LogP contribution in [0.15, 0.2) is 122 Å². The van der Waals surface area contributed by atoms with Crippen LogP contribution >= 0.6 is 0 Å². The molecule has 0 radical (unpaired) electrons. The molecule has 0 saturated carbocycles. The van der Waals surface area contributed by atoms with Crippen molar-refractivity contribution in [1.29, 1.82) is 0 Å². The van der Waals surface area contributed by atoms with Crippen LogP contribution in [0, 0.1) is 0 Å². The molecule has 0 aliphatic carbocycles. The Morgan fingerprint density at radius 3 is 1.64 bits per heavy atom. The lowest BCUT2D eigenvalue weighted by molar-refractivity contribution is -0.887. The maximum Gasteiger partial charge on any atom is 0.362 e. The quantitative estimate of drug-likeness (QED) is 0.0234. The second-order valence-electron chi connectivity index (χ2n) is 14.0. The van der Waals surface area contributed by atoms with Gasteiger partial charge in [-0.3, -0.25) is 9.59 Å². The SMILES string of the molecule is CC/C=C/C=C/C=C/C=C/C=C/C=C/C=C/CCCCCC(=O)OCC(COCCC(C(=O)O)[N+](C)(C)C)OC(=O)CCCC/C=C/C/C=C/C/C=C/CC. The molecular weight excluding hydrogens is 691 g/mol. The van der Waals surface area contributed by atoms with Gasteiger partial charge in [0.15, 0.2) is 12.1 Å². The number of likely N-dealkylation sites (N-methyl/N-ethyl adjacent to an activating group) is 1. The van der Waals surface area contributed by atoms with Crippen LogP contribution in [-0.2, 0) is 28.6 Å². The van der Waals surface area contributed by atoms with E-state index in [9.17, 15) is 19.5 Å². The Labute approximate surface area is 333 Å². The van der Waals surface area contributed by atoms with Crippen LogP contribution in [0.3, 0.4) is 0 Å². The molecule has 0 aromatic heterocycles. The minimum absolute atomic E-state index is 0.0207. The number of rotatable bonds is 33. The molecule has 8 nitrogen and oxygen atoms in total. The maximum absolute atomic E-state index is 12.7. The number of quaternary nitrogens is 1. The van der Waals surface area contributed by atoms with E-state index in [1.54, 1.807) is 0 Å². The third kappa shape index (κ3) is 35.2. The summed E-state index contributed by atoms with van der Waals surface area (Å²) < 4.78 is 17.1. The zero-order valence-corrected chi connectivity index (χ0v) is 34.6. The molecule has 0 bridgehead atoms. The summed E-state index contributed by atoms with van der Waals surface area (Å²) in [5.74, 6) is -1.60. The van der Waals surface area contributed by atoms with Gasteiger partial charge < -0.3 is 23.8 Å². The number of carboxylic acid groups (broad SMARTS) is 1. The zero-order valence-electron chi connectivity index (χ0n) is 34.6. The third-order valence-electron chi connectivity index (χ3n) is 8.05. The molecule has 0 rings (SSSR count). The Morgan fingerprint density at radius 1 is 0.564 bits per heavy atom. The lowest BCUT2D eigenvalue weighted by Crippen LogP contribution is -2.50. The van der Waals surface area contributed by atoms with E-state index in [4.69, 9.17) is 14.2 Å². The number of ether oxygens (including phenoxy) is 3. The first kappa shape index (κ1) is 50.7. The fourth-order valence-electron chi connectivity index (χ4n) is 4.97. The molecule has 8 heteroatoms. The van der Waals surface area contributed by atoms with Crippen LogP contribution in [0.2, 0.25) is 0 Å². The van der Waals surface area contributed by atoms with Crippen LogP contribution in [0.4, 0.5) is 0 Å². The van der Waals surface area contributed by atoms with Crippen molar-refractivity contribution >= 4 is 17.9 Å². The van der Waals surface area contributed by atoms with Crippen molar-refractivity contribution in [3.05, 3.63) is 122 Å². The Bertz CT molecular complexity index is 1300. The topological polar surface area (TPSA) is 99.1 Å². The number of nitrogens with zero attached hydrogens (tertiary/aromatic N) is 1. The van der Waals surface area contributed by atoms with Crippen molar-refractivity contribution in [3.63, 3.8) is 0 Å². The minimum Gasteiger partial charge on any atom is -0.477 e. The first-order valence-corrected chi connectivity index (χ1v) is 20.2. The highest BCUT2D eigenvalue weighted by molar-refractivity contribution is 5.72. The van der Waals surface area contributed by atoms with Crippen LogP contribution in [0.5, 0.6) is 0 Å². The molecule has 2 unspecified atom stereocenters. The highest BCUT2D eigenvalue weighted by atomic mass is 16.6. The van der Waals surface area contributed by atoms with Gasteiger partial charge in [-0.05, 0) is 64.2 Å². The molecule has 0 saturated heterocycles. The van der Waals surface area contributed by atoms with Gasteiger partial charge in [0.2, 0.25) is 0 Å². The van der Waals surface area contributed by atoms with Gasteiger partial charge in [0.1, 0.15) is 6.61 Å². The van der Waals surface area contributed by atoms with Gasteiger partial charge in [-0.1, -0.05) is 142 Å². The summed E-state index contributed by atoms with van der Waals surface area (Å²) in [7, 11) is 5.47. The number of carboxylic acids is 1. The van der Waals surface area contributed by atoms with Crippen molar-refractivity contribution in [2.45, 2.75) is 116 Å². The van der Waals surface area contributed by atoms with Gasteiger partial charge in [-0.25, -0.2) is 4.79 Å². The summed E-state index contributed by atoms with van der Waals surface area (Å²) in [6.07, 6.45) is 51.0. The Hall–Kier alpha value is -4.27. The van der Waals surface area contributed by atoms with Gasteiger partial charge in [-0.15, -0.1) is 0 Å². The number of esters is 2. The molecule has 0 spiro atoms. The summed E-state index contributed by atoms with van der Waals surface area (Å²) in [4.78, 5) is 36.8. The predicted octanol–water partition coefficient (Wildman–Crippen LogP) is 10.7. The second kappa shape index (κ2) is 36.7. The predicted molar refractivity (Wildman–Crippen MR) is 229 cm³/mol. The number of unbranched alkanes of at least 4 members (excludes halogenated alkanes) is 5. The second-order valence-corrected chi connectivity index (χ2v) is 14.0. The Kier molecular flexibility index (Phi) is 33.8. The lowest BCUT2D eigenvalue weighted by atomic mass is 10.1. The molecule has 0 aliphatic heterocycles. The fraction of sp³-hybridized carbons (Fsp3) is 0.511. The largest absolute Gasteiger partial charge is 0.477 e. The molecule has 0 aliphatic rings. The monoisotopic (exact) mass is 763 g/mol. The average Bonchev–Trinajstić information content (AvgIpc) is 3.14. The van der Waals surface area contributed by atoms with Gasteiger partial charge in [-0.2, -0.15) is 0 Å². The van der Waals surface area contributed by atoms with Gasteiger partial charge >= 0.3 is 17.9 Å². The number of carbonyl (C=O) groups is 3. The molecule has 0 aromatic carbocycles. The van der Waals surface area contributed by atoms with E-state index in [1.165, 1.54) is 0 Å². The van der Waals surface area contributed by atoms with Crippen LogP contribution in [0.25, 0.3) is 0 Å². The smallest absolute Gasteiger partial charge is 0.362 e. The van der Waals surface area contributed by atoms with E-state index >= 15 is 0 Å². The molecule has 0 heterocycles. The molecule has 0 amide bonds. The van der Waals surface area contributed by atoms with E-state index in [-0.39, 0.29) is 49.1 Å². The first-order chi connectivity index (χ1) is 26.6. The first-order valence-electron chi connectivity index (χ1n) is 20.2. The number of carbonyl (C=O) groups excluding carboxylic acids is 2. The van der Waals surface area contributed by atoms with Crippen LogP contribution in [-0.4, -0.2) is 80.6 Å². The van der Waals surface area contributed by atoms with Crippen LogP contribution in [0.1, 0.15) is 104 Å². The fourth-order valence-corrected chi connectivity index (χ4v) is 4.97. The maximum atomic E-state index is 12.7. The molecule has 306 valence electrons. The molecule has 0 aromatic rings. The van der Waals surface area contributed by atoms with Gasteiger partial charge in [0.25, 0.3) is 0 Å². The van der Waals surface area contributed by atoms with Crippen molar-refractivity contribution in [3.8, 4) is 0 Å². The van der Waals surface area contributed by atoms with E-state index < -0.39 is 18.1 Å². The highest BCUT2D eigenvalue weighted by Crippen LogP contribution is 2.11. The van der Waals surface area contributed by atoms with Crippen molar-refractivity contribution in [1.82, 2.24) is 0 Å².